The van der Waals surface area contributed by atoms with E-state index < -0.39 is 12.7 Å². The van der Waals surface area contributed by atoms with Crippen LogP contribution in [0, 0.1) is 12.7 Å². The van der Waals surface area contributed by atoms with Crippen LogP contribution in [0.3, 0.4) is 0 Å². The van der Waals surface area contributed by atoms with Crippen molar-refractivity contribution in [3.05, 3.63) is 89.4 Å². The van der Waals surface area contributed by atoms with E-state index in [9.17, 15) is 13.2 Å². The number of piperidine rings is 1. The third kappa shape index (κ3) is 6.87. The van der Waals surface area contributed by atoms with Crippen LogP contribution in [0.2, 0.25) is 0 Å². The number of hydrogen-bond acceptors (Lipinski definition) is 5. The van der Waals surface area contributed by atoms with E-state index in [-0.39, 0.29) is 17.3 Å². The zero-order valence-electron chi connectivity index (χ0n) is 24.8. The highest BCUT2D eigenvalue weighted by Crippen LogP contribution is 2.49. The third-order valence-electron chi connectivity index (χ3n) is 8.06. The highest BCUT2D eigenvalue weighted by molar-refractivity contribution is 5.68. The van der Waals surface area contributed by atoms with Gasteiger partial charge in [0, 0.05) is 35.4 Å². The summed E-state index contributed by atoms with van der Waals surface area (Å²) in [5.41, 5.74) is 4.00. The van der Waals surface area contributed by atoms with Crippen molar-refractivity contribution >= 4 is 17.2 Å². The van der Waals surface area contributed by atoms with Crippen molar-refractivity contribution in [1.29, 1.82) is 0 Å². The van der Waals surface area contributed by atoms with Crippen molar-refractivity contribution < 1.29 is 17.9 Å². The summed E-state index contributed by atoms with van der Waals surface area (Å²) in [7, 11) is 0. The van der Waals surface area contributed by atoms with Crippen LogP contribution >= 0.6 is 0 Å². The lowest BCUT2D eigenvalue weighted by Crippen LogP contribution is -2.53. The molecule has 2 aromatic carbocycles. The van der Waals surface area contributed by atoms with E-state index >= 15 is 0 Å². The van der Waals surface area contributed by atoms with Crippen molar-refractivity contribution in [3.8, 4) is 5.75 Å². The Morgan fingerprint density at radius 3 is 2.34 bits per heavy atom. The van der Waals surface area contributed by atoms with Crippen LogP contribution in [0.25, 0.3) is 0 Å². The lowest BCUT2D eigenvalue weighted by Gasteiger charge is -2.42. The van der Waals surface area contributed by atoms with Crippen molar-refractivity contribution in [2.45, 2.75) is 78.6 Å². The fourth-order valence-electron chi connectivity index (χ4n) is 5.45. The number of pyridine rings is 1. The first-order valence-corrected chi connectivity index (χ1v) is 14.4. The number of aryl methyl sites for hydroxylation is 1. The molecule has 2 heterocycles. The number of allylic oxidation sites excluding steroid dienone is 2. The summed E-state index contributed by atoms with van der Waals surface area (Å²) in [6.45, 7) is 10.6. The normalized spacial score (nSPS) is 19.6. The molecule has 1 saturated heterocycles. The Morgan fingerprint density at radius 2 is 1.73 bits per heavy atom. The average Bonchev–Trinajstić information content (AvgIpc) is 3.58. The number of hydrogen-bond donors (Lipinski definition) is 1. The Labute approximate surface area is 242 Å². The van der Waals surface area contributed by atoms with Gasteiger partial charge in [-0.2, -0.15) is 8.78 Å². The van der Waals surface area contributed by atoms with Crippen LogP contribution in [0.15, 0.2) is 72.4 Å². The predicted molar refractivity (Wildman–Crippen MR) is 161 cm³/mol. The van der Waals surface area contributed by atoms with Crippen molar-refractivity contribution in [2.75, 3.05) is 23.3 Å². The van der Waals surface area contributed by atoms with E-state index in [0.717, 1.165) is 24.0 Å². The molecule has 2 atom stereocenters. The summed E-state index contributed by atoms with van der Waals surface area (Å²) >= 11 is 0. The van der Waals surface area contributed by atoms with Crippen LogP contribution in [-0.2, 0) is 5.41 Å². The molecule has 5 nitrogen and oxygen atoms in total. The lowest BCUT2D eigenvalue weighted by molar-refractivity contribution is 0.0495. The summed E-state index contributed by atoms with van der Waals surface area (Å²) in [5.74, 6) is 1.02. The maximum Gasteiger partial charge on any atom is 0.316 e. The number of aromatic nitrogens is 1. The molecule has 1 fully saturated rings. The molecule has 1 aliphatic heterocycles. The van der Waals surface area contributed by atoms with Gasteiger partial charge in [0.25, 0.3) is 0 Å². The molecule has 1 aliphatic carbocycles. The highest BCUT2D eigenvalue weighted by Gasteiger charge is 2.40. The smallest absolute Gasteiger partial charge is 0.316 e. The number of alkyl halides is 2. The molecule has 5 rings (SSSR count). The standard InChI is InChI=1S/C31H35F3N4O.C2H6/c1-20-8-5-6-11-28(20)38(30(33)34)22(3)37-14-12-25(13-15-37)39-26-17-27(31(4)18-21(31)2)29(35-19-26)36-24-10-7-9-23(32)16-24;1-2/h5-11,16-19,22,25,30H,12-15H2,1-4H3,(H,35,36);1-2H3. The zero-order chi connectivity index (χ0) is 29.7. The molecule has 220 valence electrons. The second kappa shape index (κ2) is 13.0. The van der Waals surface area contributed by atoms with E-state index in [1.807, 2.05) is 45.9 Å². The number of benzene rings is 2. The molecular weight excluding hydrogens is 525 g/mol. The first-order chi connectivity index (χ1) is 19.7. The largest absolute Gasteiger partial charge is 0.489 e. The minimum atomic E-state index is -2.60. The molecule has 0 amide bonds. The van der Waals surface area contributed by atoms with Gasteiger partial charge < -0.3 is 15.0 Å². The van der Waals surface area contributed by atoms with Gasteiger partial charge in [0.2, 0.25) is 0 Å². The van der Waals surface area contributed by atoms with Crippen molar-refractivity contribution in [3.63, 3.8) is 0 Å². The molecule has 2 unspecified atom stereocenters. The van der Waals surface area contributed by atoms with Crippen LogP contribution in [0.1, 0.15) is 58.6 Å². The molecule has 1 aromatic heterocycles. The number of halogens is 3. The first kappa shape index (κ1) is 30.4. The molecule has 0 spiro atoms. The molecule has 0 saturated carbocycles. The number of ether oxygens (including phenoxy) is 1. The molecule has 0 radical (unpaired) electrons. The number of nitrogens with one attached hydrogen (secondary N) is 1. The topological polar surface area (TPSA) is 40.6 Å². The van der Waals surface area contributed by atoms with Crippen LogP contribution in [0.4, 0.5) is 30.4 Å². The summed E-state index contributed by atoms with van der Waals surface area (Å²) < 4.78 is 48.4. The Balaban J connectivity index is 0.00000189. The fourth-order valence-corrected chi connectivity index (χ4v) is 5.45. The molecule has 0 bridgehead atoms. The van der Waals surface area contributed by atoms with E-state index in [1.54, 1.807) is 30.5 Å². The quantitative estimate of drug-likeness (QED) is 0.208. The minimum Gasteiger partial charge on any atom is -0.489 e. The van der Waals surface area contributed by atoms with Gasteiger partial charge in [-0.05, 0) is 76.4 Å². The van der Waals surface area contributed by atoms with Crippen molar-refractivity contribution in [1.82, 2.24) is 9.88 Å². The second-order valence-electron chi connectivity index (χ2n) is 10.7. The number of nitrogens with zero attached hydrogens (tertiary/aromatic N) is 3. The Hall–Kier alpha value is -3.52. The van der Waals surface area contributed by atoms with Gasteiger partial charge in [-0.15, -0.1) is 0 Å². The van der Waals surface area contributed by atoms with E-state index in [4.69, 9.17) is 4.74 Å². The van der Waals surface area contributed by atoms with Crippen molar-refractivity contribution in [2.24, 2.45) is 0 Å². The molecule has 41 heavy (non-hydrogen) atoms. The Kier molecular flexibility index (Phi) is 9.64. The second-order valence-corrected chi connectivity index (χ2v) is 10.7. The number of anilines is 3. The Morgan fingerprint density at radius 1 is 1.05 bits per heavy atom. The fraction of sp³-hybridized carbons (Fsp3) is 0.424. The SMILES string of the molecule is CC.CC1=CC1(C)c1cc(OC2CCN(C(C)N(c3ccccc3C)C(F)F)CC2)cnc1Nc1cccc(F)c1. The number of para-hydroxylation sites is 1. The van der Waals surface area contributed by atoms with E-state index in [2.05, 4.69) is 35.1 Å². The average molecular weight is 567 g/mol. The van der Waals surface area contributed by atoms with E-state index in [0.29, 0.717) is 36.0 Å². The first-order valence-electron chi connectivity index (χ1n) is 14.4. The Bertz CT molecular complexity index is 1360. The monoisotopic (exact) mass is 566 g/mol. The van der Waals surface area contributed by atoms with Crippen LogP contribution in [0.5, 0.6) is 5.75 Å². The van der Waals surface area contributed by atoms with Gasteiger partial charge in [-0.1, -0.05) is 49.8 Å². The van der Waals surface area contributed by atoms with E-state index in [1.165, 1.54) is 22.6 Å². The van der Waals surface area contributed by atoms with Crippen LogP contribution in [-0.4, -0.2) is 41.8 Å². The van der Waals surface area contributed by atoms with Crippen LogP contribution < -0.4 is 15.0 Å². The summed E-state index contributed by atoms with van der Waals surface area (Å²) in [5, 5.41) is 3.25. The predicted octanol–water partition coefficient (Wildman–Crippen LogP) is 8.43. The summed E-state index contributed by atoms with van der Waals surface area (Å²) in [4.78, 5) is 7.93. The molecule has 1 N–H and O–H groups in total. The highest BCUT2D eigenvalue weighted by atomic mass is 19.3. The molecular formula is C33H41F3N4O. The molecule has 8 heteroatoms. The van der Waals surface area contributed by atoms with Gasteiger partial charge in [0.05, 0.1) is 12.4 Å². The molecule has 3 aromatic rings. The van der Waals surface area contributed by atoms with Gasteiger partial charge in [-0.25, -0.2) is 9.37 Å². The van der Waals surface area contributed by atoms with Gasteiger partial charge in [0.15, 0.2) is 0 Å². The van der Waals surface area contributed by atoms with Gasteiger partial charge >= 0.3 is 6.55 Å². The third-order valence-corrected chi connectivity index (χ3v) is 8.06. The van der Waals surface area contributed by atoms with Gasteiger partial charge in [-0.3, -0.25) is 4.90 Å². The lowest BCUT2D eigenvalue weighted by atomic mass is 9.93. The zero-order valence-corrected chi connectivity index (χ0v) is 24.8. The molecule has 2 aliphatic rings. The summed E-state index contributed by atoms with van der Waals surface area (Å²) in [6.07, 6.45) is 4.83. The maximum atomic E-state index is 14.1. The number of rotatable bonds is 9. The van der Waals surface area contributed by atoms with Gasteiger partial charge in [0.1, 0.15) is 23.5 Å². The summed E-state index contributed by atoms with van der Waals surface area (Å²) in [6, 6.07) is 15.6. The minimum absolute atomic E-state index is 0.0374. The number of likely N-dealkylation sites (tertiary alicyclic amines) is 1. The maximum absolute atomic E-state index is 14.1.